The van der Waals surface area contributed by atoms with Crippen LogP contribution in [0.15, 0.2) is 0 Å². The second-order valence-electron chi connectivity index (χ2n) is 6.08. The van der Waals surface area contributed by atoms with Gasteiger partial charge in [-0.1, -0.05) is 6.92 Å². The van der Waals surface area contributed by atoms with E-state index in [1.165, 1.54) is 0 Å². The van der Waals surface area contributed by atoms with Crippen LogP contribution in [0.2, 0.25) is 0 Å². The average Bonchev–Trinajstić information content (AvgIpc) is 2.13. The zero-order chi connectivity index (χ0) is 13.9. The monoisotopic (exact) mass is 257 g/mol. The number of hydrogen-bond donors (Lipinski definition) is 2. The summed E-state index contributed by atoms with van der Waals surface area (Å²) in [5, 5.41) is 11.8. The lowest BCUT2D eigenvalue weighted by Crippen LogP contribution is -2.43. The number of amides is 1. The Morgan fingerprint density at radius 1 is 1.28 bits per heavy atom. The Hall–Kier alpha value is -1.26. The van der Waals surface area contributed by atoms with Crippen molar-refractivity contribution >= 4 is 12.1 Å². The third kappa shape index (κ3) is 4.55. The van der Waals surface area contributed by atoms with E-state index in [4.69, 9.17) is 9.84 Å². The summed E-state index contributed by atoms with van der Waals surface area (Å²) in [5.74, 6) is -0.948. The molecule has 0 radical (unpaired) electrons. The highest BCUT2D eigenvalue weighted by atomic mass is 16.6. The van der Waals surface area contributed by atoms with Crippen molar-refractivity contribution in [1.29, 1.82) is 0 Å². The molecular weight excluding hydrogens is 234 g/mol. The van der Waals surface area contributed by atoms with Crippen molar-refractivity contribution in [2.24, 2.45) is 11.8 Å². The molecule has 0 aliphatic heterocycles. The molecule has 104 valence electrons. The third-order valence-corrected chi connectivity index (χ3v) is 3.21. The molecule has 0 saturated heterocycles. The van der Waals surface area contributed by atoms with Gasteiger partial charge in [0.2, 0.25) is 0 Å². The molecule has 1 unspecified atom stereocenters. The second kappa shape index (κ2) is 5.59. The number of carboxylic acid groups (broad SMARTS) is 1. The first-order valence-corrected chi connectivity index (χ1v) is 6.41. The van der Waals surface area contributed by atoms with Crippen molar-refractivity contribution in [2.45, 2.75) is 58.6 Å². The normalized spacial score (nSPS) is 28.6. The Bertz CT molecular complexity index is 321. The molecule has 0 heterocycles. The molecule has 5 nitrogen and oxygen atoms in total. The number of hydrogen-bond acceptors (Lipinski definition) is 3. The third-order valence-electron chi connectivity index (χ3n) is 3.21. The highest BCUT2D eigenvalue weighted by Crippen LogP contribution is 2.30. The summed E-state index contributed by atoms with van der Waals surface area (Å²) < 4.78 is 5.18. The predicted octanol–water partition coefficient (Wildman–Crippen LogP) is 2.40. The highest BCUT2D eigenvalue weighted by molar-refractivity contribution is 5.71. The molecular formula is C13H23NO4. The lowest BCUT2D eigenvalue weighted by molar-refractivity contribution is -0.144. The summed E-state index contributed by atoms with van der Waals surface area (Å²) in [7, 11) is 0. The van der Waals surface area contributed by atoms with Gasteiger partial charge in [-0.2, -0.15) is 0 Å². The van der Waals surface area contributed by atoms with Gasteiger partial charge in [-0.05, 0) is 46.0 Å². The van der Waals surface area contributed by atoms with Crippen molar-refractivity contribution in [3.8, 4) is 0 Å². The fraction of sp³-hybridized carbons (Fsp3) is 0.846. The largest absolute Gasteiger partial charge is 0.481 e. The van der Waals surface area contributed by atoms with Crippen LogP contribution in [0.3, 0.4) is 0 Å². The maximum Gasteiger partial charge on any atom is 0.407 e. The lowest BCUT2D eigenvalue weighted by Gasteiger charge is -2.32. The first-order valence-electron chi connectivity index (χ1n) is 6.41. The molecule has 2 N–H and O–H groups in total. The predicted molar refractivity (Wildman–Crippen MR) is 67.3 cm³/mol. The molecule has 1 rings (SSSR count). The number of ether oxygens (including phenoxy) is 1. The standard InChI is InChI=1S/C13H23NO4/c1-8-7-9(5-6-10(8)11(15)16)14-12(17)18-13(2,3)4/h8-10H,5-7H2,1-4H3,(H,14,17)(H,15,16)/t8-,9?,10+/m0/s1. The summed E-state index contributed by atoms with van der Waals surface area (Å²) in [5.41, 5.74) is -0.506. The van der Waals surface area contributed by atoms with Gasteiger partial charge in [0, 0.05) is 6.04 Å². The summed E-state index contributed by atoms with van der Waals surface area (Å²) in [6.07, 6.45) is 1.57. The molecule has 1 aliphatic rings. The molecule has 1 amide bonds. The van der Waals surface area contributed by atoms with E-state index in [-0.39, 0.29) is 17.9 Å². The molecule has 0 spiro atoms. The first-order chi connectivity index (χ1) is 8.19. The van der Waals surface area contributed by atoms with Crippen molar-refractivity contribution in [2.75, 3.05) is 0 Å². The van der Waals surface area contributed by atoms with Crippen LogP contribution in [0.4, 0.5) is 4.79 Å². The molecule has 0 aromatic carbocycles. The van der Waals surface area contributed by atoms with E-state index in [2.05, 4.69) is 5.32 Å². The summed E-state index contributed by atoms with van der Waals surface area (Å²) in [6.45, 7) is 7.37. The van der Waals surface area contributed by atoms with Gasteiger partial charge in [0.15, 0.2) is 0 Å². The van der Waals surface area contributed by atoms with E-state index < -0.39 is 17.7 Å². The highest BCUT2D eigenvalue weighted by Gasteiger charge is 2.33. The van der Waals surface area contributed by atoms with Crippen molar-refractivity contribution in [3.63, 3.8) is 0 Å². The van der Waals surface area contributed by atoms with Gasteiger partial charge in [-0.25, -0.2) is 4.79 Å². The van der Waals surface area contributed by atoms with Crippen LogP contribution in [0.5, 0.6) is 0 Å². The Morgan fingerprint density at radius 3 is 2.33 bits per heavy atom. The zero-order valence-electron chi connectivity index (χ0n) is 11.5. The zero-order valence-corrected chi connectivity index (χ0v) is 11.5. The van der Waals surface area contributed by atoms with E-state index >= 15 is 0 Å². The van der Waals surface area contributed by atoms with Gasteiger partial charge in [0.1, 0.15) is 5.60 Å². The van der Waals surface area contributed by atoms with Crippen molar-refractivity contribution < 1.29 is 19.4 Å². The number of alkyl carbamates (subject to hydrolysis) is 1. The topological polar surface area (TPSA) is 75.6 Å². The SMILES string of the molecule is C[C@H]1CC(NC(=O)OC(C)(C)C)CC[C@H]1C(=O)O. The molecule has 0 aromatic rings. The maximum atomic E-state index is 11.6. The number of carbonyl (C=O) groups is 2. The van der Waals surface area contributed by atoms with Gasteiger partial charge in [0.25, 0.3) is 0 Å². The maximum absolute atomic E-state index is 11.6. The number of nitrogens with one attached hydrogen (secondary N) is 1. The van der Waals surface area contributed by atoms with Crippen LogP contribution >= 0.6 is 0 Å². The molecule has 1 aliphatic carbocycles. The summed E-state index contributed by atoms with van der Waals surface area (Å²) in [6, 6.07) is 0.0189. The molecule has 18 heavy (non-hydrogen) atoms. The van der Waals surface area contributed by atoms with Crippen LogP contribution in [0.25, 0.3) is 0 Å². The van der Waals surface area contributed by atoms with Crippen LogP contribution in [0, 0.1) is 11.8 Å². The number of carbonyl (C=O) groups excluding carboxylic acids is 1. The van der Waals surface area contributed by atoms with Gasteiger partial charge in [0.05, 0.1) is 5.92 Å². The van der Waals surface area contributed by atoms with Crippen LogP contribution in [0.1, 0.15) is 47.0 Å². The number of aliphatic carboxylic acids is 1. The van der Waals surface area contributed by atoms with E-state index in [1.54, 1.807) is 0 Å². The average molecular weight is 257 g/mol. The van der Waals surface area contributed by atoms with Gasteiger partial charge < -0.3 is 15.2 Å². The van der Waals surface area contributed by atoms with E-state index in [1.807, 2.05) is 27.7 Å². The Balaban J connectivity index is 2.43. The lowest BCUT2D eigenvalue weighted by atomic mass is 9.78. The molecule has 3 atom stereocenters. The molecule has 1 fully saturated rings. The second-order valence-corrected chi connectivity index (χ2v) is 6.08. The molecule has 0 aromatic heterocycles. The Kier molecular flexibility index (Phi) is 4.59. The van der Waals surface area contributed by atoms with Crippen LogP contribution in [-0.4, -0.2) is 28.8 Å². The summed E-state index contributed by atoms with van der Waals surface area (Å²) in [4.78, 5) is 22.6. The van der Waals surface area contributed by atoms with Crippen LogP contribution in [-0.2, 0) is 9.53 Å². The van der Waals surface area contributed by atoms with Gasteiger partial charge in [-0.15, -0.1) is 0 Å². The summed E-state index contributed by atoms with van der Waals surface area (Å²) >= 11 is 0. The quantitative estimate of drug-likeness (QED) is 0.796. The molecule has 1 saturated carbocycles. The fourth-order valence-electron chi connectivity index (χ4n) is 2.37. The minimum atomic E-state index is -0.738. The number of carboxylic acids is 1. The minimum absolute atomic E-state index is 0.0189. The first kappa shape index (κ1) is 14.8. The van der Waals surface area contributed by atoms with E-state index in [0.717, 1.165) is 0 Å². The molecule has 0 bridgehead atoms. The van der Waals surface area contributed by atoms with Crippen molar-refractivity contribution in [1.82, 2.24) is 5.32 Å². The minimum Gasteiger partial charge on any atom is -0.481 e. The Morgan fingerprint density at radius 2 is 1.89 bits per heavy atom. The molecule has 5 heteroatoms. The smallest absolute Gasteiger partial charge is 0.407 e. The van der Waals surface area contributed by atoms with Gasteiger partial charge in [-0.3, -0.25) is 4.79 Å². The van der Waals surface area contributed by atoms with Gasteiger partial charge >= 0.3 is 12.1 Å². The van der Waals surface area contributed by atoms with E-state index in [0.29, 0.717) is 19.3 Å². The van der Waals surface area contributed by atoms with Crippen LogP contribution < -0.4 is 5.32 Å². The number of rotatable bonds is 2. The van der Waals surface area contributed by atoms with E-state index in [9.17, 15) is 9.59 Å². The van der Waals surface area contributed by atoms with Crippen molar-refractivity contribution in [3.05, 3.63) is 0 Å². The fourth-order valence-corrected chi connectivity index (χ4v) is 2.37. The Labute approximate surface area is 108 Å².